The Labute approximate surface area is 203 Å². The number of nitrogens with zero attached hydrogens (tertiary/aromatic N) is 5. The van der Waals surface area contributed by atoms with E-state index < -0.39 is 12.3 Å². The average molecular weight is 486 g/mol. The van der Waals surface area contributed by atoms with Gasteiger partial charge < -0.3 is 15.1 Å². The van der Waals surface area contributed by atoms with Crippen molar-refractivity contribution in [1.29, 1.82) is 0 Å². The van der Waals surface area contributed by atoms with Gasteiger partial charge in [-0.15, -0.1) is 0 Å². The third-order valence-electron chi connectivity index (χ3n) is 8.04. The first-order valence-corrected chi connectivity index (χ1v) is 13.1. The molecule has 2 aliphatic carbocycles. The second kappa shape index (κ2) is 9.02. The van der Waals surface area contributed by atoms with Crippen molar-refractivity contribution in [2.24, 2.45) is 0 Å². The summed E-state index contributed by atoms with van der Waals surface area (Å²) in [6, 6.07) is 1.63. The molecule has 0 aromatic carbocycles. The first kappa shape index (κ1) is 22.7. The molecule has 4 aliphatic rings. The number of hydrogen-bond donors (Lipinski definition) is 2. The maximum atomic E-state index is 14.4. The zero-order valence-corrected chi connectivity index (χ0v) is 20.0. The molecule has 0 bridgehead atoms. The van der Waals surface area contributed by atoms with Crippen molar-refractivity contribution in [1.82, 2.24) is 25.1 Å². The molecule has 2 saturated heterocycles. The van der Waals surface area contributed by atoms with E-state index in [1.165, 1.54) is 12.8 Å². The van der Waals surface area contributed by atoms with Gasteiger partial charge in [-0.3, -0.25) is 9.89 Å². The number of nitrogens with one attached hydrogen (secondary N) is 2. The molecule has 2 aliphatic heterocycles. The van der Waals surface area contributed by atoms with Gasteiger partial charge in [0.15, 0.2) is 5.82 Å². The third-order valence-corrected chi connectivity index (χ3v) is 8.04. The number of carbonyl (C=O) groups is 1. The highest BCUT2D eigenvalue weighted by Gasteiger charge is 2.42. The van der Waals surface area contributed by atoms with Gasteiger partial charge in [-0.1, -0.05) is 12.8 Å². The van der Waals surface area contributed by atoms with Gasteiger partial charge in [-0.2, -0.15) is 10.1 Å². The predicted octanol–water partition coefficient (Wildman–Crippen LogP) is 4.32. The number of carbonyl (C=O) groups excluding carboxylic acids is 1. The fraction of sp³-hybridized carbons (Fsp3) is 0.680. The number of likely N-dealkylation sites (tertiary alicyclic amines) is 1. The first-order valence-electron chi connectivity index (χ1n) is 13.1. The number of fused-ring (bicyclic) bond motifs is 1. The molecule has 188 valence electrons. The number of amides is 1. The van der Waals surface area contributed by atoms with Crippen LogP contribution in [0.4, 0.5) is 26.4 Å². The van der Waals surface area contributed by atoms with Gasteiger partial charge in [-0.05, 0) is 44.9 Å². The van der Waals surface area contributed by atoms with Crippen LogP contribution in [0.2, 0.25) is 0 Å². The molecule has 2 N–H and O–H groups in total. The van der Waals surface area contributed by atoms with Crippen LogP contribution >= 0.6 is 0 Å². The zero-order valence-electron chi connectivity index (χ0n) is 20.0. The summed E-state index contributed by atoms with van der Waals surface area (Å²) in [6.45, 7) is 2.22. The molecule has 0 radical (unpaired) electrons. The minimum atomic E-state index is -2.85. The molecule has 35 heavy (non-hydrogen) atoms. The quantitative estimate of drug-likeness (QED) is 0.656. The molecule has 0 unspecified atom stereocenters. The Morgan fingerprint density at radius 1 is 1.00 bits per heavy atom. The highest BCUT2D eigenvalue weighted by molar-refractivity contribution is 5.85. The molecule has 8 nitrogen and oxygen atoms in total. The first-order chi connectivity index (χ1) is 17.0. The van der Waals surface area contributed by atoms with E-state index in [4.69, 9.17) is 4.98 Å². The van der Waals surface area contributed by atoms with Crippen LogP contribution in [0.5, 0.6) is 0 Å². The largest absolute Gasteiger partial charge is 0.341 e. The van der Waals surface area contributed by atoms with E-state index in [9.17, 15) is 13.6 Å². The van der Waals surface area contributed by atoms with Gasteiger partial charge in [0.25, 0.3) is 5.92 Å². The third kappa shape index (κ3) is 4.47. The number of aromatic amines is 1. The van der Waals surface area contributed by atoms with Crippen LogP contribution in [-0.4, -0.2) is 62.6 Å². The topological polar surface area (TPSA) is 90.0 Å². The molecule has 1 atom stereocenters. The van der Waals surface area contributed by atoms with Crippen LogP contribution in [0.25, 0.3) is 0 Å². The summed E-state index contributed by atoms with van der Waals surface area (Å²) in [5.74, 6) is -0.942. The Morgan fingerprint density at radius 3 is 2.60 bits per heavy atom. The number of halogens is 2. The number of rotatable bonds is 5. The highest BCUT2D eigenvalue weighted by Crippen LogP contribution is 2.40. The minimum Gasteiger partial charge on any atom is -0.341 e. The highest BCUT2D eigenvalue weighted by atomic mass is 19.3. The van der Waals surface area contributed by atoms with Crippen molar-refractivity contribution in [2.75, 3.05) is 29.9 Å². The lowest BCUT2D eigenvalue weighted by Crippen LogP contribution is -2.48. The number of aromatic nitrogens is 4. The van der Waals surface area contributed by atoms with E-state index in [1.807, 2.05) is 15.9 Å². The zero-order chi connectivity index (χ0) is 24.0. The molecule has 0 spiro atoms. The van der Waals surface area contributed by atoms with Crippen molar-refractivity contribution in [3.05, 3.63) is 23.0 Å². The Balaban J connectivity index is 1.29. The summed E-state index contributed by atoms with van der Waals surface area (Å²) in [4.78, 5) is 26.5. The second-order valence-corrected chi connectivity index (χ2v) is 10.6. The van der Waals surface area contributed by atoms with E-state index in [0.717, 1.165) is 63.7 Å². The van der Waals surface area contributed by atoms with E-state index in [1.54, 1.807) is 0 Å². The lowest BCUT2D eigenvalue weighted by atomic mass is 10.0. The Hall–Kier alpha value is -2.78. The predicted molar refractivity (Wildman–Crippen MR) is 128 cm³/mol. The van der Waals surface area contributed by atoms with Crippen molar-refractivity contribution in [2.45, 2.75) is 88.5 Å². The smallest absolute Gasteiger partial charge is 0.257 e. The normalized spacial score (nSPS) is 24.2. The molecule has 6 rings (SSSR count). The fourth-order valence-corrected chi connectivity index (χ4v) is 6.20. The molecule has 10 heteroatoms. The number of hydrogen-bond acceptors (Lipinski definition) is 6. The monoisotopic (exact) mass is 485 g/mol. The van der Waals surface area contributed by atoms with Crippen molar-refractivity contribution in [3.63, 3.8) is 0 Å². The molecular weight excluding hydrogens is 452 g/mol. The molecule has 4 heterocycles. The molecule has 1 amide bonds. The number of H-pyrrole nitrogens is 1. The van der Waals surface area contributed by atoms with Gasteiger partial charge in [0.1, 0.15) is 11.9 Å². The van der Waals surface area contributed by atoms with E-state index >= 15 is 0 Å². The summed E-state index contributed by atoms with van der Waals surface area (Å²) in [7, 11) is 0. The maximum absolute atomic E-state index is 14.4. The van der Waals surface area contributed by atoms with E-state index in [-0.39, 0.29) is 18.4 Å². The van der Waals surface area contributed by atoms with Crippen molar-refractivity contribution < 1.29 is 13.6 Å². The molecule has 2 aromatic rings. The number of piperidine rings is 1. The molecule has 3 fully saturated rings. The summed E-state index contributed by atoms with van der Waals surface area (Å²) in [5.41, 5.74) is 1.89. The van der Waals surface area contributed by atoms with Crippen molar-refractivity contribution in [3.8, 4) is 0 Å². The van der Waals surface area contributed by atoms with Crippen LogP contribution in [0.1, 0.15) is 80.7 Å². The summed E-state index contributed by atoms with van der Waals surface area (Å²) < 4.78 is 28.9. The Morgan fingerprint density at radius 2 is 1.80 bits per heavy atom. The van der Waals surface area contributed by atoms with Gasteiger partial charge in [0.2, 0.25) is 11.9 Å². The van der Waals surface area contributed by atoms with E-state index in [2.05, 4.69) is 20.5 Å². The molecular formula is C25H33F2N7O. The summed E-state index contributed by atoms with van der Waals surface area (Å²) >= 11 is 0. The standard InChI is InChI=1S/C25H33F2N7O/c26-25(27)14-17-19(15-25)28-24(34-12-6-9-20(34)23(35)33-10-4-1-5-11-33)30-22(17)29-21-13-18(31-32-21)16-7-2-3-8-16/h13,16,20H,1-12,14-15H2,(H2,28,29,30,31,32)/t20-/m1/s1. The van der Waals surface area contributed by atoms with Crippen LogP contribution in [0.15, 0.2) is 6.07 Å². The lowest BCUT2D eigenvalue weighted by molar-refractivity contribution is -0.133. The SMILES string of the molecule is O=C([C@H]1CCCN1c1nc2c(c(Nc3cc(C4CCCC4)[nH]n3)n1)CC(F)(F)C2)N1CCCCC1. The lowest BCUT2D eigenvalue weighted by Gasteiger charge is -2.32. The van der Waals surface area contributed by atoms with Crippen molar-refractivity contribution >= 4 is 23.5 Å². The summed E-state index contributed by atoms with van der Waals surface area (Å²) in [5, 5.41) is 10.7. The van der Waals surface area contributed by atoms with Crippen LogP contribution in [-0.2, 0) is 17.6 Å². The van der Waals surface area contributed by atoms with Crippen LogP contribution in [0, 0.1) is 0 Å². The number of alkyl halides is 2. The molecule has 1 saturated carbocycles. The fourth-order valence-electron chi connectivity index (χ4n) is 6.20. The minimum absolute atomic E-state index is 0.111. The maximum Gasteiger partial charge on any atom is 0.257 e. The summed E-state index contributed by atoms with van der Waals surface area (Å²) in [6.07, 6.45) is 8.74. The van der Waals surface area contributed by atoms with Crippen LogP contribution < -0.4 is 10.2 Å². The number of anilines is 3. The Kier molecular flexibility index (Phi) is 5.84. The van der Waals surface area contributed by atoms with Gasteiger partial charge in [-0.25, -0.2) is 13.8 Å². The van der Waals surface area contributed by atoms with E-state index in [0.29, 0.717) is 41.3 Å². The second-order valence-electron chi connectivity index (χ2n) is 10.6. The average Bonchev–Trinajstić information content (AvgIpc) is 3.64. The van der Waals surface area contributed by atoms with Gasteiger partial charge >= 0.3 is 0 Å². The van der Waals surface area contributed by atoms with Crippen LogP contribution in [0.3, 0.4) is 0 Å². The van der Waals surface area contributed by atoms with Gasteiger partial charge in [0.05, 0.1) is 12.1 Å². The molecule has 2 aromatic heterocycles. The Bertz CT molecular complexity index is 1090. The van der Waals surface area contributed by atoms with Gasteiger partial charge in [0, 0.05) is 49.3 Å².